The van der Waals surface area contributed by atoms with Crippen LogP contribution in [0.3, 0.4) is 0 Å². The number of amides is 2. The minimum atomic E-state index is -0.180. The van der Waals surface area contributed by atoms with E-state index < -0.39 is 0 Å². The molecule has 0 aromatic rings. The molecule has 0 unspecified atom stereocenters. The monoisotopic (exact) mass is 353 g/mol. The largest absolute Gasteiger partial charge is 0.450 e. The van der Waals surface area contributed by atoms with Gasteiger partial charge in [-0.15, -0.1) is 0 Å². The first-order valence-corrected chi connectivity index (χ1v) is 9.78. The number of ether oxygens (including phenoxy) is 1. The molecular formula is C19H35N3O3. The third-order valence-corrected chi connectivity index (χ3v) is 5.14. The number of nitrogens with zero attached hydrogens (tertiary/aromatic N) is 2. The number of nitrogens with one attached hydrogen (secondary N) is 1. The Kier molecular flexibility index (Phi) is 7.11. The van der Waals surface area contributed by atoms with Crippen molar-refractivity contribution in [3.8, 4) is 0 Å². The zero-order valence-electron chi connectivity index (χ0n) is 16.3. The number of piperidine rings is 1. The lowest BCUT2D eigenvalue weighted by Gasteiger charge is -2.37. The molecule has 6 heteroatoms. The molecule has 0 spiro atoms. The van der Waals surface area contributed by atoms with Crippen molar-refractivity contribution >= 4 is 12.0 Å². The first kappa shape index (κ1) is 20.0. The summed E-state index contributed by atoms with van der Waals surface area (Å²) in [5.74, 6) is 0.332. The summed E-state index contributed by atoms with van der Waals surface area (Å²) in [6, 6.07) is 0.519. The lowest BCUT2D eigenvalue weighted by Crippen LogP contribution is -2.48. The van der Waals surface area contributed by atoms with Gasteiger partial charge in [-0.3, -0.25) is 4.79 Å². The van der Waals surface area contributed by atoms with Crippen molar-refractivity contribution in [3.63, 3.8) is 0 Å². The molecule has 1 atom stereocenters. The van der Waals surface area contributed by atoms with Gasteiger partial charge in [0.1, 0.15) is 0 Å². The Bertz CT molecular complexity index is 453. The molecule has 2 heterocycles. The predicted octanol–water partition coefficient (Wildman–Crippen LogP) is 2.62. The fourth-order valence-corrected chi connectivity index (χ4v) is 3.84. The lowest BCUT2D eigenvalue weighted by molar-refractivity contribution is -0.128. The van der Waals surface area contributed by atoms with Crippen LogP contribution in [0.25, 0.3) is 0 Å². The van der Waals surface area contributed by atoms with Gasteiger partial charge in [-0.2, -0.15) is 0 Å². The minimum absolute atomic E-state index is 0.136. The Hall–Kier alpha value is -1.30. The van der Waals surface area contributed by atoms with E-state index >= 15 is 0 Å². The van der Waals surface area contributed by atoms with Crippen LogP contribution in [0.1, 0.15) is 59.8 Å². The number of carbonyl (C=O) groups is 2. The number of carbonyl (C=O) groups excluding carboxylic acids is 2. The standard InChI is InChI=1S/C19H35N3O3/c1-5-25-18(24)22-11-6-7-16(10-14-22)21-12-8-15(9-13-21)17(23)20-19(2,3)4/h15-16H,5-14H2,1-4H3,(H,20,23)/t16-/m1/s1. The van der Waals surface area contributed by atoms with Crippen LogP contribution in [-0.2, 0) is 9.53 Å². The van der Waals surface area contributed by atoms with Crippen molar-refractivity contribution in [2.45, 2.75) is 71.4 Å². The molecule has 0 bridgehead atoms. The van der Waals surface area contributed by atoms with E-state index in [4.69, 9.17) is 4.74 Å². The van der Waals surface area contributed by atoms with Gasteiger partial charge in [-0.1, -0.05) is 0 Å². The highest BCUT2D eigenvalue weighted by atomic mass is 16.6. The van der Waals surface area contributed by atoms with Gasteiger partial charge in [0.15, 0.2) is 0 Å². The highest BCUT2D eigenvalue weighted by molar-refractivity contribution is 5.79. The second-order valence-corrected chi connectivity index (χ2v) is 8.32. The van der Waals surface area contributed by atoms with Gasteiger partial charge in [0.2, 0.25) is 5.91 Å². The van der Waals surface area contributed by atoms with E-state index in [9.17, 15) is 9.59 Å². The predicted molar refractivity (Wildman–Crippen MR) is 98.4 cm³/mol. The Balaban J connectivity index is 1.79. The molecule has 2 saturated heterocycles. The summed E-state index contributed by atoms with van der Waals surface area (Å²) in [6.07, 6.45) is 4.82. The lowest BCUT2D eigenvalue weighted by atomic mass is 9.92. The van der Waals surface area contributed by atoms with E-state index in [-0.39, 0.29) is 23.5 Å². The van der Waals surface area contributed by atoms with E-state index in [1.807, 2.05) is 32.6 Å². The first-order valence-electron chi connectivity index (χ1n) is 9.78. The molecule has 0 aromatic heterocycles. The van der Waals surface area contributed by atoms with Crippen LogP contribution in [0, 0.1) is 5.92 Å². The van der Waals surface area contributed by atoms with Crippen LogP contribution in [0.15, 0.2) is 0 Å². The summed E-state index contributed by atoms with van der Waals surface area (Å²) in [4.78, 5) is 28.6. The van der Waals surface area contributed by atoms with Gasteiger partial charge in [-0.05, 0) is 72.9 Å². The van der Waals surface area contributed by atoms with E-state index in [2.05, 4.69) is 10.2 Å². The van der Waals surface area contributed by atoms with E-state index in [0.717, 1.165) is 58.3 Å². The first-order chi connectivity index (χ1) is 11.8. The van der Waals surface area contributed by atoms with Crippen LogP contribution in [0.5, 0.6) is 0 Å². The van der Waals surface area contributed by atoms with Gasteiger partial charge in [0, 0.05) is 30.6 Å². The fraction of sp³-hybridized carbons (Fsp3) is 0.895. The second-order valence-electron chi connectivity index (χ2n) is 8.32. The number of hydrogen-bond acceptors (Lipinski definition) is 4. The second kappa shape index (κ2) is 8.88. The van der Waals surface area contributed by atoms with E-state index in [1.165, 1.54) is 0 Å². The average Bonchev–Trinajstić information content (AvgIpc) is 2.80. The molecule has 0 radical (unpaired) electrons. The number of hydrogen-bond donors (Lipinski definition) is 1. The Morgan fingerprint density at radius 1 is 1.04 bits per heavy atom. The highest BCUT2D eigenvalue weighted by Crippen LogP contribution is 2.25. The minimum Gasteiger partial charge on any atom is -0.450 e. The summed E-state index contributed by atoms with van der Waals surface area (Å²) in [5.41, 5.74) is -0.161. The van der Waals surface area contributed by atoms with Gasteiger partial charge >= 0.3 is 6.09 Å². The van der Waals surface area contributed by atoms with Gasteiger partial charge in [-0.25, -0.2) is 4.79 Å². The molecule has 2 amide bonds. The maximum Gasteiger partial charge on any atom is 0.409 e. The van der Waals surface area contributed by atoms with E-state index in [1.54, 1.807) is 0 Å². The van der Waals surface area contributed by atoms with Gasteiger partial charge in [0.25, 0.3) is 0 Å². The van der Waals surface area contributed by atoms with Crippen molar-refractivity contribution < 1.29 is 14.3 Å². The third kappa shape index (κ3) is 6.17. The van der Waals surface area contributed by atoms with Crippen molar-refractivity contribution in [1.82, 2.24) is 15.1 Å². The quantitative estimate of drug-likeness (QED) is 0.847. The smallest absolute Gasteiger partial charge is 0.409 e. The van der Waals surface area contributed by atoms with Crippen LogP contribution < -0.4 is 5.32 Å². The summed E-state index contributed by atoms with van der Waals surface area (Å²) in [5, 5.41) is 3.11. The molecule has 144 valence electrons. The topological polar surface area (TPSA) is 61.9 Å². The molecule has 2 rings (SSSR count). The van der Waals surface area contributed by atoms with Crippen molar-refractivity contribution in [3.05, 3.63) is 0 Å². The Labute approximate surface area is 152 Å². The molecule has 0 aromatic carbocycles. The summed E-state index contributed by atoms with van der Waals surface area (Å²) >= 11 is 0. The van der Waals surface area contributed by atoms with Crippen molar-refractivity contribution in [2.24, 2.45) is 5.92 Å². The van der Waals surface area contributed by atoms with Crippen LogP contribution in [-0.4, -0.2) is 66.2 Å². The van der Waals surface area contributed by atoms with Crippen LogP contribution in [0.4, 0.5) is 4.79 Å². The normalized spacial score (nSPS) is 23.8. The summed E-state index contributed by atoms with van der Waals surface area (Å²) in [6.45, 7) is 11.9. The SMILES string of the molecule is CCOC(=O)N1CCC[C@@H](N2CCC(C(=O)NC(C)(C)C)CC2)CC1. The van der Waals surface area contributed by atoms with Crippen molar-refractivity contribution in [1.29, 1.82) is 0 Å². The molecule has 0 saturated carbocycles. The highest BCUT2D eigenvalue weighted by Gasteiger charge is 2.31. The average molecular weight is 354 g/mol. The molecule has 0 aliphatic carbocycles. The zero-order valence-corrected chi connectivity index (χ0v) is 16.3. The Morgan fingerprint density at radius 2 is 1.72 bits per heavy atom. The fourth-order valence-electron chi connectivity index (χ4n) is 3.84. The molecule has 25 heavy (non-hydrogen) atoms. The van der Waals surface area contributed by atoms with Crippen LogP contribution >= 0.6 is 0 Å². The molecule has 1 N–H and O–H groups in total. The van der Waals surface area contributed by atoms with Gasteiger partial charge < -0.3 is 19.9 Å². The Morgan fingerprint density at radius 3 is 2.32 bits per heavy atom. The number of rotatable bonds is 3. The maximum absolute atomic E-state index is 12.3. The van der Waals surface area contributed by atoms with Crippen LogP contribution in [0.2, 0.25) is 0 Å². The molecule has 6 nitrogen and oxygen atoms in total. The summed E-state index contributed by atoms with van der Waals surface area (Å²) < 4.78 is 5.13. The zero-order chi connectivity index (χ0) is 18.4. The molecule has 2 aliphatic heterocycles. The molecule has 2 fully saturated rings. The summed E-state index contributed by atoms with van der Waals surface area (Å²) in [7, 11) is 0. The molecule has 2 aliphatic rings. The third-order valence-electron chi connectivity index (χ3n) is 5.14. The van der Waals surface area contributed by atoms with E-state index in [0.29, 0.717) is 12.6 Å². The maximum atomic E-state index is 12.3. The van der Waals surface area contributed by atoms with Gasteiger partial charge in [0.05, 0.1) is 6.61 Å². The van der Waals surface area contributed by atoms with Crippen molar-refractivity contribution in [2.75, 3.05) is 32.8 Å². The molecular weight excluding hydrogens is 318 g/mol. The number of likely N-dealkylation sites (tertiary alicyclic amines) is 2.